The summed E-state index contributed by atoms with van der Waals surface area (Å²) >= 11 is 6.37. The first kappa shape index (κ1) is 21.6. The number of halogens is 1. The summed E-state index contributed by atoms with van der Waals surface area (Å²) in [6.07, 6.45) is 2.30. The molecular formula is C22H30ClN5O. The van der Waals surface area contributed by atoms with E-state index in [2.05, 4.69) is 44.6 Å². The van der Waals surface area contributed by atoms with Crippen LogP contribution in [0.1, 0.15) is 29.9 Å². The van der Waals surface area contributed by atoms with Crippen molar-refractivity contribution in [2.75, 3.05) is 33.2 Å². The van der Waals surface area contributed by atoms with E-state index in [-0.39, 0.29) is 0 Å². The molecule has 0 saturated carbocycles. The SMILES string of the molecule is CN=C(Cl)/C(CN1CCC(CNCc2ccccc2)CC1)=C(\N)c1cc(C)on1. The average molecular weight is 416 g/mol. The van der Waals surface area contributed by atoms with Crippen molar-refractivity contribution in [3.63, 3.8) is 0 Å². The van der Waals surface area contributed by atoms with Gasteiger partial charge in [0.2, 0.25) is 0 Å². The van der Waals surface area contributed by atoms with Gasteiger partial charge in [0.05, 0.1) is 5.70 Å². The molecule has 1 aliphatic rings. The molecule has 0 spiro atoms. The fraction of sp³-hybridized carbons (Fsp3) is 0.455. The summed E-state index contributed by atoms with van der Waals surface area (Å²) in [5.41, 5.74) is 9.63. The van der Waals surface area contributed by atoms with Gasteiger partial charge in [0, 0.05) is 31.8 Å². The van der Waals surface area contributed by atoms with Crippen molar-refractivity contribution < 1.29 is 4.52 Å². The monoisotopic (exact) mass is 415 g/mol. The number of rotatable bonds is 8. The van der Waals surface area contributed by atoms with E-state index in [1.165, 1.54) is 5.56 Å². The number of hydrogen-bond acceptors (Lipinski definition) is 6. The zero-order valence-corrected chi connectivity index (χ0v) is 18.0. The van der Waals surface area contributed by atoms with Gasteiger partial charge in [0.25, 0.3) is 0 Å². The standard InChI is InChI=1S/C22H30ClN5O/c1-16-12-20(27-29-16)21(24)19(22(23)25-2)15-28-10-8-18(9-11-28)14-26-13-17-6-4-3-5-7-17/h3-7,12,18,26H,8-11,13-15,24H2,1-2H3/b21-19-,25-22?. The molecule has 0 amide bonds. The minimum atomic E-state index is 0.426. The zero-order valence-electron chi connectivity index (χ0n) is 17.2. The van der Waals surface area contributed by atoms with Crippen LogP contribution in [-0.2, 0) is 6.54 Å². The third-order valence-electron chi connectivity index (χ3n) is 5.37. The number of aliphatic imine (C=N–C) groups is 1. The van der Waals surface area contributed by atoms with Crippen molar-refractivity contribution in [2.24, 2.45) is 16.6 Å². The van der Waals surface area contributed by atoms with E-state index in [0.717, 1.165) is 50.4 Å². The molecule has 2 aromatic rings. The quantitative estimate of drug-likeness (QED) is 0.646. The smallest absolute Gasteiger partial charge is 0.134 e. The molecule has 2 heterocycles. The molecule has 3 N–H and O–H groups in total. The maximum absolute atomic E-state index is 6.37. The predicted octanol–water partition coefficient (Wildman–Crippen LogP) is 3.42. The molecule has 1 fully saturated rings. The summed E-state index contributed by atoms with van der Waals surface area (Å²) in [5.74, 6) is 1.41. The lowest BCUT2D eigenvalue weighted by molar-refractivity contribution is 0.196. The highest BCUT2D eigenvalue weighted by atomic mass is 35.5. The molecule has 1 saturated heterocycles. The summed E-state index contributed by atoms with van der Waals surface area (Å²) in [4.78, 5) is 6.53. The first-order valence-electron chi connectivity index (χ1n) is 10.1. The third-order valence-corrected chi connectivity index (χ3v) is 5.77. The van der Waals surface area contributed by atoms with Crippen molar-refractivity contribution in [1.82, 2.24) is 15.4 Å². The zero-order chi connectivity index (χ0) is 20.6. The van der Waals surface area contributed by atoms with E-state index < -0.39 is 0 Å². The number of benzene rings is 1. The van der Waals surface area contributed by atoms with Gasteiger partial charge in [-0.25, -0.2) is 0 Å². The van der Waals surface area contributed by atoms with Gasteiger partial charge >= 0.3 is 0 Å². The predicted molar refractivity (Wildman–Crippen MR) is 119 cm³/mol. The fourth-order valence-electron chi connectivity index (χ4n) is 3.63. The van der Waals surface area contributed by atoms with Crippen molar-refractivity contribution in [3.05, 3.63) is 59.0 Å². The van der Waals surface area contributed by atoms with Crippen LogP contribution in [0.25, 0.3) is 5.70 Å². The van der Waals surface area contributed by atoms with E-state index in [9.17, 15) is 0 Å². The number of piperidine rings is 1. The highest BCUT2D eigenvalue weighted by Gasteiger charge is 2.22. The van der Waals surface area contributed by atoms with E-state index in [1.54, 1.807) is 7.05 Å². The number of nitrogens with one attached hydrogen (secondary N) is 1. The van der Waals surface area contributed by atoms with E-state index >= 15 is 0 Å². The van der Waals surface area contributed by atoms with Gasteiger partial charge in [-0.2, -0.15) is 0 Å². The van der Waals surface area contributed by atoms with Crippen molar-refractivity contribution >= 4 is 22.5 Å². The van der Waals surface area contributed by atoms with Crippen molar-refractivity contribution in [1.29, 1.82) is 0 Å². The maximum Gasteiger partial charge on any atom is 0.134 e. The Morgan fingerprint density at radius 3 is 2.66 bits per heavy atom. The Balaban J connectivity index is 1.52. The molecule has 29 heavy (non-hydrogen) atoms. The first-order valence-corrected chi connectivity index (χ1v) is 10.5. The Bertz CT molecular complexity index is 838. The Morgan fingerprint density at radius 2 is 2.03 bits per heavy atom. The van der Waals surface area contributed by atoms with Crippen LogP contribution in [0.2, 0.25) is 0 Å². The third kappa shape index (κ3) is 6.16. The highest BCUT2D eigenvalue weighted by Crippen LogP contribution is 2.22. The van der Waals surface area contributed by atoms with Crippen LogP contribution < -0.4 is 11.1 Å². The number of likely N-dealkylation sites (tertiary alicyclic amines) is 1. The number of nitrogens with two attached hydrogens (primary N) is 1. The number of nitrogens with zero attached hydrogens (tertiary/aromatic N) is 3. The molecule has 156 valence electrons. The Labute approximate surface area is 177 Å². The molecule has 1 aliphatic heterocycles. The average Bonchev–Trinajstić information content (AvgIpc) is 3.19. The molecule has 1 aromatic carbocycles. The van der Waals surface area contributed by atoms with Gasteiger partial charge in [0.1, 0.15) is 16.6 Å². The highest BCUT2D eigenvalue weighted by molar-refractivity contribution is 6.70. The van der Waals surface area contributed by atoms with Crippen LogP contribution >= 0.6 is 11.6 Å². The number of aromatic nitrogens is 1. The molecule has 0 aliphatic carbocycles. The summed E-state index contributed by atoms with van der Waals surface area (Å²) in [5, 5.41) is 8.03. The second-order valence-electron chi connectivity index (χ2n) is 7.57. The molecule has 6 nitrogen and oxygen atoms in total. The van der Waals surface area contributed by atoms with E-state index in [1.807, 2.05) is 19.1 Å². The van der Waals surface area contributed by atoms with Crippen LogP contribution in [0.4, 0.5) is 0 Å². The first-order chi connectivity index (χ1) is 14.1. The second kappa shape index (κ2) is 10.6. The molecule has 0 unspecified atom stereocenters. The Kier molecular flexibility index (Phi) is 7.86. The Morgan fingerprint density at radius 1 is 1.31 bits per heavy atom. The van der Waals surface area contributed by atoms with Crippen molar-refractivity contribution in [3.8, 4) is 0 Å². The minimum Gasteiger partial charge on any atom is -0.397 e. The lowest BCUT2D eigenvalue weighted by atomic mass is 9.96. The van der Waals surface area contributed by atoms with Gasteiger partial charge in [-0.05, 0) is 50.9 Å². The number of hydrogen-bond donors (Lipinski definition) is 2. The molecule has 3 rings (SSSR count). The summed E-state index contributed by atoms with van der Waals surface area (Å²) in [7, 11) is 1.67. The molecule has 0 bridgehead atoms. The summed E-state index contributed by atoms with van der Waals surface area (Å²) in [6, 6.07) is 12.3. The lowest BCUT2D eigenvalue weighted by Gasteiger charge is -2.32. The summed E-state index contributed by atoms with van der Waals surface area (Å²) in [6.45, 7) is 6.50. The Hall–Kier alpha value is -2.15. The maximum atomic E-state index is 6.37. The van der Waals surface area contributed by atoms with Crippen LogP contribution in [-0.4, -0.2) is 48.5 Å². The van der Waals surface area contributed by atoms with Crippen LogP contribution in [0.3, 0.4) is 0 Å². The molecule has 0 radical (unpaired) electrons. The molecular weight excluding hydrogens is 386 g/mol. The number of aryl methyl sites for hydroxylation is 1. The van der Waals surface area contributed by atoms with E-state index in [4.69, 9.17) is 21.9 Å². The van der Waals surface area contributed by atoms with E-state index in [0.29, 0.717) is 29.0 Å². The lowest BCUT2D eigenvalue weighted by Crippen LogP contribution is -2.39. The topological polar surface area (TPSA) is 79.7 Å². The fourth-order valence-corrected chi connectivity index (χ4v) is 3.79. The normalized spacial score (nSPS) is 17.4. The minimum absolute atomic E-state index is 0.426. The molecule has 0 atom stereocenters. The largest absolute Gasteiger partial charge is 0.397 e. The van der Waals surface area contributed by atoms with Crippen molar-refractivity contribution in [2.45, 2.75) is 26.3 Å². The van der Waals surface area contributed by atoms with Crippen LogP contribution in [0.5, 0.6) is 0 Å². The van der Waals surface area contributed by atoms with Crippen LogP contribution in [0, 0.1) is 12.8 Å². The van der Waals surface area contributed by atoms with Gasteiger partial charge < -0.3 is 15.6 Å². The van der Waals surface area contributed by atoms with Crippen LogP contribution in [0.15, 0.2) is 51.5 Å². The molecule has 7 heteroatoms. The van der Waals surface area contributed by atoms with Gasteiger partial charge in [-0.15, -0.1) is 0 Å². The summed E-state index contributed by atoms with van der Waals surface area (Å²) < 4.78 is 5.16. The van der Waals surface area contributed by atoms with Gasteiger partial charge in [0.15, 0.2) is 0 Å². The van der Waals surface area contributed by atoms with Gasteiger partial charge in [-0.3, -0.25) is 9.89 Å². The molecule has 1 aromatic heterocycles. The van der Waals surface area contributed by atoms with Gasteiger partial charge in [-0.1, -0.05) is 47.1 Å². The second-order valence-corrected chi connectivity index (χ2v) is 7.92.